The van der Waals surface area contributed by atoms with Gasteiger partial charge in [-0.05, 0) is 52.9 Å². The molecule has 1 aromatic heterocycles. The number of hydrogen-bond acceptors (Lipinski definition) is 6. The van der Waals surface area contributed by atoms with Crippen LogP contribution in [0, 0.1) is 13.7 Å². The molecule has 0 unspecified atom stereocenters. The van der Waals surface area contributed by atoms with Gasteiger partial charge in [-0.1, -0.05) is 0 Å². The van der Waals surface area contributed by atoms with Crippen LogP contribution in [0.25, 0.3) is 0 Å². The van der Waals surface area contributed by atoms with E-state index in [4.69, 9.17) is 5.84 Å². The van der Waals surface area contributed by atoms with Gasteiger partial charge in [0.1, 0.15) is 5.82 Å². The van der Waals surface area contributed by atoms with Crippen LogP contribution in [0.4, 0.5) is 23.0 Å². The first kappa shape index (κ1) is 13.5. The van der Waals surface area contributed by atoms with Gasteiger partial charge in [0.2, 0.25) is 5.82 Å². The van der Waals surface area contributed by atoms with Crippen LogP contribution < -0.4 is 16.6 Å². The summed E-state index contributed by atoms with van der Waals surface area (Å²) in [5.41, 5.74) is 2.95. The number of nitrogen functional groups attached to an aromatic ring is 1. The van der Waals surface area contributed by atoms with E-state index in [1.807, 2.05) is 24.3 Å². The minimum absolute atomic E-state index is 0.113. The largest absolute Gasteiger partial charge is 0.334 e. The van der Waals surface area contributed by atoms with Crippen molar-refractivity contribution in [1.82, 2.24) is 4.98 Å². The summed E-state index contributed by atoms with van der Waals surface area (Å²) >= 11 is 2.18. The molecule has 0 aliphatic heterocycles. The zero-order chi connectivity index (χ0) is 13.8. The van der Waals surface area contributed by atoms with Gasteiger partial charge in [-0.2, -0.15) is 0 Å². The van der Waals surface area contributed by atoms with Crippen LogP contribution in [0.3, 0.4) is 0 Å². The number of halogens is 1. The highest BCUT2D eigenvalue weighted by Crippen LogP contribution is 2.27. The van der Waals surface area contributed by atoms with E-state index in [0.717, 1.165) is 3.57 Å². The Bertz CT molecular complexity index is 603. The Kier molecular flexibility index (Phi) is 4.12. The molecule has 0 aliphatic rings. The fourth-order valence-electron chi connectivity index (χ4n) is 1.44. The normalized spacial score (nSPS) is 10.0. The van der Waals surface area contributed by atoms with Crippen LogP contribution in [-0.2, 0) is 0 Å². The first-order valence-corrected chi connectivity index (χ1v) is 6.32. The molecule has 0 saturated carbocycles. The standard InChI is InChI=1S/C11H10IN5O2/c12-7-1-3-8(4-2-7)14-11-9(17(18)19)5-6-10(15-11)16-13/h1-6H,13H2,(H2,14,15,16). The number of nitrogens with one attached hydrogen (secondary N) is 2. The Morgan fingerprint density at radius 3 is 2.47 bits per heavy atom. The number of nitro groups is 1. The first-order valence-electron chi connectivity index (χ1n) is 5.25. The van der Waals surface area contributed by atoms with Crippen LogP contribution in [0.5, 0.6) is 0 Å². The number of hydrazine groups is 1. The summed E-state index contributed by atoms with van der Waals surface area (Å²) in [4.78, 5) is 14.5. The molecule has 1 aromatic carbocycles. The predicted molar refractivity (Wildman–Crippen MR) is 81.1 cm³/mol. The smallest absolute Gasteiger partial charge is 0.311 e. The van der Waals surface area contributed by atoms with Crippen LogP contribution in [0.2, 0.25) is 0 Å². The molecule has 0 fully saturated rings. The zero-order valence-corrected chi connectivity index (χ0v) is 11.8. The molecular formula is C11H10IN5O2. The molecule has 4 N–H and O–H groups in total. The van der Waals surface area contributed by atoms with Gasteiger partial charge in [0.25, 0.3) is 0 Å². The highest BCUT2D eigenvalue weighted by molar-refractivity contribution is 14.1. The topological polar surface area (TPSA) is 106 Å². The Balaban J connectivity index is 2.36. The number of pyridine rings is 1. The number of rotatable bonds is 4. The number of hydrogen-bond donors (Lipinski definition) is 3. The number of anilines is 3. The van der Waals surface area contributed by atoms with E-state index in [0.29, 0.717) is 11.5 Å². The summed E-state index contributed by atoms with van der Waals surface area (Å²) < 4.78 is 1.07. The van der Waals surface area contributed by atoms with Gasteiger partial charge in [0.05, 0.1) is 4.92 Å². The summed E-state index contributed by atoms with van der Waals surface area (Å²) in [7, 11) is 0. The summed E-state index contributed by atoms with van der Waals surface area (Å²) in [5.74, 6) is 5.73. The highest BCUT2D eigenvalue weighted by Gasteiger charge is 2.16. The Labute approximate surface area is 122 Å². The molecule has 7 nitrogen and oxygen atoms in total. The Morgan fingerprint density at radius 2 is 1.89 bits per heavy atom. The van der Waals surface area contributed by atoms with E-state index >= 15 is 0 Å². The number of benzene rings is 1. The van der Waals surface area contributed by atoms with E-state index in [-0.39, 0.29) is 11.5 Å². The second kappa shape index (κ2) is 5.80. The molecule has 2 aromatic rings. The van der Waals surface area contributed by atoms with Crippen LogP contribution in [0.15, 0.2) is 36.4 Å². The van der Waals surface area contributed by atoms with Crippen molar-refractivity contribution in [3.63, 3.8) is 0 Å². The third-order valence-electron chi connectivity index (χ3n) is 2.33. The maximum Gasteiger partial charge on any atom is 0.311 e. The van der Waals surface area contributed by atoms with Crippen molar-refractivity contribution < 1.29 is 4.92 Å². The van der Waals surface area contributed by atoms with Crippen LogP contribution >= 0.6 is 22.6 Å². The van der Waals surface area contributed by atoms with Gasteiger partial charge in [0, 0.05) is 15.3 Å². The van der Waals surface area contributed by atoms with Crippen LogP contribution in [0.1, 0.15) is 0 Å². The lowest BCUT2D eigenvalue weighted by Gasteiger charge is -2.08. The van der Waals surface area contributed by atoms with Gasteiger partial charge < -0.3 is 10.7 Å². The molecule has 0 atom stereocenters. The van der Waals surface area contributed by atoms with Crippen molar-refractivity contribution in [2.75, 3.05) is 10.7 Å². The molecule has 0 bridgehead atoms. The van der Waals surface area contributed by atoms with E-state index in [2.05, 4.69) is 38.3 Å². The quantitative estimate of drug-likeness (QED) is 0.330. The van der Waals surface area contributed by atoms with Crippen LogP contribution in [-0.4, -0.2) is 9.91 Å². The molecule has 0 spiro atoms. The van der Waals surface area contributed by atoms with Gasteiger partial charge in [-0.15, -0.1) is 0 Å². The minimum atomic E-state index is -0.498. The van der Waals surface area contributed by atoms with Gasteiger partial charge in [0.15, 0.2) is 0 Å². The number of nitrogens with zero attached hydrogens (tertiary/aromatic N) is 2. The van der Waals surface area contributed by atoms with Crippen molar-refractivity contribution in [1.29, 1.82) is 0 Å². The minimum Gasteiger partial charge on any atom is -0.334 e. The van der Waals surface area contributed by atoms with E-state index < -0.39 is 4.92 Å². The third-order valence-corrected chi connectivity index (χ3v) is 3.04. The molecule has 0 aliphatic carbocycles. The second-order valence-corrected chi connectivity index (χ2v) is 4.84. The molecule has 0 amide bonds. The summed E-state index contributed by atoms with van der Waals surface area (Å²) in [6.07, 6.45) is 0. The first-order chi connectivity index (χ1) is 9.10. The van der Waals surface area contributed by atoms with Crippen molar-refractivity contribution >= 4 is 45.6 Å². The average molecular weight is 371 g/mol. The summed E-state index contributed by atoms with van der Waals surface area (Å²) in [6, 6.07) is 10.2. The molecule has 1 heterocycles. The van der Waals surface area contributed by atoms with Crippen molar-refractivity contribution in [3.8, 4) is 0 Å². The number of nitrogens with two attached hydrogens (primary N) is 1. The predicted octanol–water partition coefficient (Wildman–Crippen LogP) is 2.62. The maximum absolute atomic E-state index is 10.9. The fraction of sp³-hybridized carbons (Fsp3) is 0. The lowest BCUT2D eigenvalue weighted by molar-refractivity contribution is -0.384. The molecular weight excluding hydrogens is 361 g/mol. The Hall–Kier alpha value is -1.94. The van der Waals surface area contributed by atoms with E-state index in [1.54, 1.807) is 0 Å². The molecule has 98 valence electrons. The highest BCUT2D eigenvalue weighted by atomic mass is 127. The monoisotopic (exact) mass is 371 g/mol. The number of aromatic nitrogens is 1. The molecule has 0 radical (unpaired) electrons. The zero-order valence-electron chi connectivity index (χ0n) is 9.63. The second-order valence-electron chi connectivity index (χ2n) is 3.60. The van der Waals surface area contributed by atoms with Crippen molar-refractivity contribution in [2.45, 2.75) is 0 Å². The van der Waals surface area contributed by atoms with Crippen molar-refractivity contribution in [3.05, 3.63) is 50.1 Å². The molecule has 8 heteroatoms. The third kappa shape index (κ3) is 3.29. The van der Waals surface area contributed by atoms with E-state index in [1.165, 1.54) is 12.1 Å². The summed E-state index contributed by atoms with van der Waals surface area (Å²) in [6.45, 7) is 0. The summed E-state index contributed by atoms with van der Waals surface area (Å²) in [5, 5.41) is 13.8. The lowest BCUT2D eigenvalue weighted by atomic mass is 10.3. The fourth-order valence-corrected chi connectivity index (χ4v) is 1.80. The Morgan fingerprint density at radius 1 is 1.21 bits per heavy atom. The van der Waals surface area contributed by atoms with Gasteiger partial charge in [-0.25, -0.2) is 10.8 Å². The molecule has 2 rings (SSSR count). The van der Waals surface area contributed by atoms with E-state index in [9.17, 15) is 10.1 Å². The molecule has 19 heavy (non-hydrogen) atoms. The van der Waals surface area contributed by atoms with Gasteiger partial charge in [-0.3, -0.25) is 10.1 Å². The maximum atomic E-state index is 10.9. The van der Waals surface area contributed by atoms with Gasteiger partial charge >= 0.3 is 5.69 Å². The lowest BCUT2D eigenvalue weighted by Crippen LogP contribution is -2.10. The SMILES string of the molecule is NNc1ccc([N+](=O)[O-])c(Nc2ccc(I)cc2)n1. The molecule has 0 saturated heterocycles. The van der Waals surface area contributed by atoms with Crippen molar-refractivity contribution in [2.24, 2.45) is 5.84 Å². The average Bonchev–Trinajstić information content (AvgIpc) is 2.41.